The van der Waals surface area contributed by atoms with Crippen LogP contribution in [0.25, 0.3) is 0 Å². The van der Waals surface area contributed by atoms with Crippen LogP contribution in [0.3, 0.4) is 0 Å². The number of carbonyl (C=O) groups is 2. The molecule has 0 radical (unpaired) electrons. The number of hydrogen-bond donors (Lipinski definition) is 1. The molecule has 134 valence electrons. The van der Waals surface area contributed by atoms with Crippen LogP contribution >= 0.6 is 11.3 Å². The molecule has 0 atom stereocenters. The molecule has 0 saturated heterocycles. The average Bonchev–Trinajstić information content (AvgIpc) is 3.07. The monoisotopic (exact) mass is 361 g/mol. The molecule has 7 nitrogen and oxygen atoms in total. The predicted octanol–water partition coefficient (Wildman–Crippen LogP) is 2.73. The van der Waals surface area contributed by atoms with E-state index < -0.39 is 0 Å². The van der Waals surface area contributed by atoms with Crippen molar-refractivity contribution in [2.24, 2.45) is 0 Å². The molecule has 0 unspecified atom stereocenters. The van der Waals surface area contributed by atoms with E-state index in [4.69, 9.17) is 0 Å². The molecule has 0 aliphatic heterocycles. The van der Waals surface area contributed by atoms with E-state index in [9.17, 15) is 9.59 Å². The van der Waals surface area contributed by atoms with Crippen LogP contribution in [0.5, 0.6) is 0 Å². The number of nitrogens with one attached hydrogen (secondary N) is 1. The predicted molar refractivity (Wildman–Crippen MR) is 99.0 cm³/mol. The molecule has 0 spiro atoms. The molecule has 0 aromatic carbocycles. The van der Waals surface area contributed by atoms with Gasteiger partial charge in [-0.2, -0.15) is 0 Å². The van der Waals surface area contributed by atoms with Crippen molar-refractivity contribution < 1.29 is 9.59 Å². The summed E-state index contributed by atoms with van der Waals surface area (Å²) in [5.41, 5.74) is 1.30. The number of thiazole rings is 1. The summed E-state index contributed by atoms with van der Waals surface area (Å²) in [5.74, 6) is -0.0732. The van der Waals surface area contributed by atoms with Crippen molar-refractivity contribution >= 4 is 28.3 Å². The molecule has 8 heteroatoms. The largest absolute Gasteiger partial charge is 0.323 e. The average molecular weight is 361 g/mol. The molecule has 2 heterocycles. The van der Waals surface area contributed by atoms with E-state index >= 15 is 0 Å². The van der Waals surface area contributed by atoms with Gasteiger partial charge in [0.25, 0.3) is 0 Å². The Kier molecular flexibility index (Phi) is 7.03. The number of ketones is 1. The van der Waals surface area contributed by atoms with Crippen LogP contribution in [0.2, 0.25) is 0 Å². The molecular formula is C17H23N5O2S. The number of amides is 2. The maximum absolute atomic E-state index is 12.6. The quantitative estimate of drug-likeness (QED) is 0.732. The lowest BCUT2D eigenvalue weighted by molar-refractivity contribution is 0.101. The van der Waals surface area contributed by atoms with E-state index in [1.165, 1.54) is 18.3 Å². The van der Waals surface area contributed by atoms with Gasteiger partial charge in [-0.1, -0.05) is 6.07 Å². The van der Waals surface area contributed by atoms with Crippen LogP contribution in [-0.4, -0.2) is 58.8 Å². The van der Waals surface area contributed by atoms with E-state index in [1.807, 2.05) is 25.5 Å². The number of hydrogen-bond acceptors (Lipinski definition) is 6. The molecule has 0 fully saturated rings. The van der Waals surface area contributed by atoms with Gasteiger partial charge in [0.05, 0.1) is 0 Å². The zero-order valence-electron chi connectivity index (χ0n) is 14.7. The molecular weight excluding hydrogens is 338 g/mol. The lowest BCUT2D eigenvalue weighted by Gasteiger charge is -2.23. The highest BCUT2D eigenvalue weighted by Gasteiger charge is 2.15. The van der Waals surface area contributed by atoms with Crippen molar-refractivity contribution in [3.63, 3.8) is 0 Å². The minimum Gasteiger partial charge on any atom is -0.320 e. The number of carbonyl (C=O) groups excluding carboxylic acids is 2. The van der Waals surface area contributed by atoms with Gasteiger partial charge in [0.1, 0.15) is 5.69 Å². The standard InChI is InChI=1S/C17H23N5O2S/c1-13(23)15-6-5-14(11-19-15)12-22(9-4-8-21(2)3)17(24)20-16-18-7-10-25-16/h5-7,10-11H,4,8-9,12H2,1-3H3,(H,18,20,24). The zero-order valence-corrected chi connectivity index (χ0v) is 15.5. The lowest BCUT2D eigenvalue weighted by Crippen LogP contribution is -2.36. The summed E-state index contributed by atoms with van der Waals surface area (Å²) in [7, 11) is 4.01. The van der Waals surface area contributed by atoms with Gasteiger partial charge in [-0.3, -0.25) is 15.1 Å². The molecule has 0 bridgehead atoms. The van der Waals surface area contributed by atoms with Crippen LogP contribution in [0.4, 0.5) is 9.93 Å². The van der Waals surface area contributed by atoms with Crippen molar-refractivity contribution in [2.75, 3.05) is 32.5 Å². The Morgan fingerprint density at radius 1 is 1.20 bits per heavy atom. The Hall–Kier alpha value is -2.32. The van der Waals surface area contributed by atoms with Crippen molar-refractivity contribution in [1.82, 2.24) is 19.8 Å². The Bertz CT molecular complexity index is 686. The number of anilines is 1. The second-order valence-corrected chi connectivity index (χ2v) is 6.85. The smallest absolute Gasteiger partial charge is 0.320 e. The maximum Gasteiger partial charge on any atom is 0.323 e. The Morgan fingerprint density at radius 2 is 2.00 bits per heavy atom. The molecule has 0 aliphatic carbocycles. The zero-order chi connectivity index (χ0) is 18.2. The summed E-state index contributed by atoms with van der Waals surface area (Å²) in [5, 5.41) is 5.21. The topological polar surface area (TPSA) is 78.4 Å². The first kappa shape index (κ1) is 19.0. The van der Waals surface area contributed by atoms with Gasteiger partial charge >= 0.3 is 6.03 Å². The van der Waals surface area contributed by atoms with Crippen molar-refractivity contribution in [2.45, 2.75) is 19.9 Å². The summed E-state index contributed by atoms with van der Waals surface area (Å²) >= 11 is 1.38. The summed E-state index contributed by atoms with van der Waals surface area (Å²) in [6.45, 7) is 3.42. The fourth-order valence-electron chi connectivity index (χ4n) is 2.23. The van der Waals surface area contributed by atoms with E-state index in [0.717, 1.165) is 18.5 Å². The number of aromatic nitrogens is 2. The first-order valence-corrected chi connectivity index (χ1v) is 8.89. The molecule has 2 rings (SSSR count). The third-order valence-corrected chi connectivity index (χ3v) is 4.21. The van der Waals surface area contributed by atoms with E-state index in [1.54, 1.807) is 23.4 Å². The second kappa shape index (κ2) is 9.24. The van der Waals surface area contributed by atoms with Crippen molar-refractivity contribution in [3.8, 4) is 0 Å². The van der Waals surface area contributed by atoms with Crippen LogP contribution < -0.4 is 5.32 Å². The van der Waals surface area contributed by atoms with Crippen LogP contribution in [0, 0.1) is 0 Å². The van der Waals surface area contributed by atoms with Gasteiger partial charge in [-0.25, -0.2) is 9.78 Å². The third-order valence-electron chi connectivity index (χ3n) is 3.53. The molecule has 2 aromatic heterocycles. The second-order valence-electron chi connectivity index (χ2n) is 5.95. The number of Topliss-reactive ketones (excluding diaryl/α,β-unsaturated/α-hetero) is 1. The summed E-state index contributed by atoms with van der Waals surface area (Å²) in [6.07, 6.45) is 4.16. The van der Waals surface area contributed by atoms with Crippen LogP contribution in [-0.2, 0) is 6.54 Å². The number of pyridine rings is 1. The summed E-state index contributed by atoms with van der Waals surface area (Å²) in [6, 6.07) is 3.33. The van der Waals surface area contributed by atoms with Gasteiger partial charge < -0.3 is 9.80 Å². The fourth-order valence-corrected chi connectivity index (χ4v) is 2.75. The SMILES string of the molecule is CC(=O)c1ccc(CN(CCCN(C)C)C(=O)Nc2nccs2)cn1. The highest BCUT2D eigenvalue weighted by molar-refractivity contribution is 7.13. The lowest BCUT2D eigenvalue weighted by atomic mass is 10.2. The van der Waals surface area contributed by atoms with Gasteiger partial charge in [-0.15, -0.1) is 11.3 Å². The molecule has 0 aliphatic rings. The molecule has 25 heavy (non-hydrogen) atoms. The Morgan fingerprint density at radius 3 is 2.56 bits per heavy atom. The van der Waals surface area contributed by atoms with Gasteiger partial charge in [-0.05, 0) is 38.7 Å². The Labute approximate surface area is 151 Å². The normalized spacial score (nSPS) is 10.7. The minimum absolute atomic E-state index is 0.0732. The maximum atomic E-state index is 12.6. The number of rotatable bonds is 8. The summed E-state index contributed by atoms with van der Waals surface area (Å²) < 4.78 is 0. The number of nitrogens with zero attached hydrogens (tertiary/aromatic N) is 4. The highest BCUT2D eigenvalue weighted by atomic mass is 32.1. The van der Waals surface area contributed by atoms with Gasteiger partial charge in [0.2, 0.25) is 0 Å². The highest BCUT2D eigenvalue weighted by Crippen LogP contribution is 2.13. The van der Waals surface area contributed by atoms with Crippen LogP contribution in [0.1, 0.15) is 29.4 Å². The molecule has 1 N–H and O–H groups in total. The van der Waals surface area contributed by atoms with Crippen LogP contribution in [0.15, 0.2) is 29.9 Å². The molecule has 2 aromatic rings. The van der Waals surface area contributed by atoms with Crippen molar-refractivity contribution in [1.29, 1.82) is 0 Å². The summed E-state index contributed by atoms with van der Waals surface area (Å²) in [4.78, 5) is 35.9. The Balaban J connectivity index is 2.04. The van der Waals surface area contributed by atoms with Gasteiger partial charge in [0, 0.05) is 37.8 Å². The molecule has 2 amide bonds. The first-order valence-electron chi connectivity index (χ1n) is 8.01. The van der Waals surface area contributed by atoms with E-state index in [0.29, 0.717) is 23.9 Å². The third kappa shape index (κ3) is 6.24. The van der Waals surface area contributed by atoms with Crippen molar-refractivity contribution in [3.05, 3.63) is 41.2 Å². The van der Waals surface area contributed by atoms with E-state index in [2.05, 4.69) is 20.2 Å². The number of urea groups is 1. The van der Waals surface area contributed by atoms with Gasteiger partial charge in [0.15, 0.2) is 10.9 Å². The molecule has 0 saturated carbocycles. The fraction of sp³-hybridized carbons (Fsp3) is 0.412. The van der Waals surface area contributed by atoms with E-state index in [-0.39, 0.29) is 11.8 Å². The minimum atomic E-state index is -0.190. The first-order chi connectivity index (χ1) is 12.0.